The first-order chi connectivity index (χ1) is 9.46. The lowest BCUT2D eigenvalue weighted by molar-refractivity contribution is 0.598. The Bertz CT molecular complexity index is 586. The number of rotatable bonds is 4. The van der Waals surface area contributed by atoms with E-state index in [1.165, 1.54) is 5.56 Å². The number of benzene rings is 1. The van der Waals surface area contributed by atoms with Gasteiger partial charge in [-0.05, 0) is 17.7 Å². The molecule has 0 saturated heterocycles. The summed E-state index contributed by atoms with van der Waals surface area (Å²) in [6.07, 6.45) is 0.835. The number of halogens is 1. The Hall–Kier alpha value is -0.980. The molecule has 2 rings (SSSR count). The molecule has 20 heavy (non-hydrogen) atoms. The minimum atomic E-state index is -2.66. The van der Waals surface area contributed by atoms with Gasteiger partial charge in [0.15, 0.2) is 0 Å². The highest BCUT2D eigenvalue weighted by molar-refractivity contribution is 7.91. The second-order valence-corrected chi connectivity index (χ2v) is 7.95. The van der Waals surface area contributed by atoms with Crippen LogP contribution in [0.4, 0.5) is 0 Å². The highest BCUT2D eigenvalue weighted by Gasteiger charge is 1.99. The van der Waals surface area contributed by atoms with Crippen LogP contribution >= 0.6 is 22.9 Å². The van der Waals surface area contributed by atoms with Crippen molar-refractivity contribution in [2.24, 2.45) is 0 Å². The van der Waals surface area contributed by atoms with Gasteiger partial charge in [-0.3, -0.25) is 0 Å². The monoisotopic (exact) mass is 332 g/mol. The summed E-state index contributed by atoms with van der Waals surface area (Å²) in [4.78, 5) is 0. The van der Waals surface area contributed by atoms with E-state index in [2.05, 4.69) is 10.2 Å². The van der Waals surface area contributed by atoms with Crippen molar-refractivity contribution in [3.05, 3.63) is 45.4 Å². The summed E-state index contributed by atoms with van der Waals surface area (Å²) in [5.41, 5.74) is 2.95. The van der Waals surface area contributed by atoms with Gasteiger partial charge in [-0.15, -0.1) is 21.5 Å². The maximum atomic E-state index is 10.4. The maximum Gasteiger partial charge on any atom is 0.149 e. The van der Waals surface area contributed by atoms with Gasteiger partial charge >= 0.3 is 0 Å². The second kappa shape index (κ2) is 8.34. The lowest BCUT2D eigenvalue weighted by atomic mass is 10.2. The van der Waals surface area contributed by atoms with E-state index in [1.54, 1.807) is 30.7 Å². The first-order valence-corrected chi connectivity index (χ1v) is 9.24. The third-order valence-corrected chi connectivity index (χ3v) is 5.26. The Morgan fingerprint density at radius 2 is 1.75 bits per heavy atom. The largest absolute Gasteiger partial charge is 0.229 e. The topological polar surface area (TPSA) is 59.9 Å². The van der Waals surface area contributed by atoms with Crippen LogP contribution in [0.25, 0.3) is 0 Å². The van der Waals surface area contributed by atoms with Crippen LogP contribution in [0.3, 0.4) is 0 Å². The molecule has 0 N–H and O–H groups in total. The van der Waals surface area contributed by atoms with Crippen LogP contribution in [0, 0.1) is 0 Å². The predicted octanol–water partition coefficient (Wildman–Crippen LogP) is 3.22. The lowest BCUT2D eigenvalue weighted by Gasteiger charge is -1.96. The van der Waals surface area contributed by atoms with Crippen molar-refractivity contribution in [3.8, 4) is 0 Å². The molecule has 0 spiro atoms. The normalized spacial score (nSPS) is 10.8. The van der Waals surface area contributed by atoms with Crippen LogP contribution in [-0.4, -0.2) is 30.1 Å². The summed E-state index contributed by atoms with van der Waals surface area (Å²) < 4.78 is 20.7. The van der Waals surface area contributed by atoms with Crippen molar-refractivity contribution in [2.45, 2.75) is 20.3 Å². The number of hydrogen-bond acceptors (Lipinski definition) is 5. The first-order valence-electron chi connectivity index (χ1n) is 6.16. The lowest BCUT2D eigenvalue weighted by Crippen LogP contribution is -2.04. The van der Waals surface area contributed by atoms with Gasteiger partial charge in [-0.2, -0.15) is 0 Å². The quantitative estimate of drug-likeness (QED) is 0.862. The summed E-state index contributed by atoms with van der Waals surface area (Å²) >= 11 is 7.33. The standard InChI is InChI=1S/C9H7ClN2S.C4H10O2S/c10-8-3-1-7(2-4-8)5-9-12-11-6-13-9;1-3-7(5,6)4-2/h1-4,6H,5H2;3-4H2,1-2H3. The zero-order valence-electron chi connectivity index (χ0n) is 11.4. The van der Waals surface area contributed by atoms with Crippen LogP contribution in [0.5, 0.6) is 0 Å². The molecule has 0 amide bonds. The van der Waals surface area contributed by atoms with Gasteiger partial charge < -0.3 is 0 Å². The summed E-state index contributed by atoms with van der Waals surface area (Å²) in [6, 6.07) is 7.78. The van der Waals surface area contributed by atoms with Gasteiger partial charge in [0.1, 0.15) is 20.4 Å². The van der Waals surface area contributed by atoms with E-state index in [-0.39, 0.29) is 11.5 Å². The molecule has 0 saturated carbocycles. The molecule has 0 bridgehead atoms. The van der Waals surface area contributed by atoms with E-state index < -0.39 is 9.84 Å². The number of aromatic nitrogens is 2. The molecule has 0 aliphatic heterocycles. The SMILES string of the molecule is CCS(=O)(=O)CC.Clc1ccc(Cc2nncs2)cc1. The number of nitrogens with zero attached hydrogens (tertiary/aromatic N) is 2. The molecule has 1 aromatic heterocycles. The van der Waals surface area contributed by atoms with Crippen molar-refractivity contribution >= 4 is 32.8 Å². The van der Waals surface area contributed by atoms with Crippen LogP contribution in [0.1, 0.15) is 24.4 Å². The molecular formula is C13H17ClN2O2S2. The van der Waals surface area contributed by atoms with Gasteiger partial charge in [0.25, 0.3) is 0 Å². The van der Waals surface area contributed by atoms with Crippen molar-refractivity contribution in [2.75, 3.05) is 11.5 Å². The molecule has 1 aromatic carbocycles. The molecule has 2 aromatic rings. The molecule has 0 radical (unpaired) electrons. The van der Waals surface area contributed by atoms with Crippen LogP contribution < -0.4 is 0 Å². The van der Waals surface area contributed by atoms with E-state index in [0.717, 1.165) is 16.5 Å². The Morgan fingerprint density at radius 3 is 2.15 bits per heavy atom. The summed E-state index contributed by atoms with van der Waals surface area (Å²) in [5.74, 6) is 0.535. The van der Waals surface area contributed by atoms with Crippen LogP contribution in [-0.2, 0) is 16.3 Å². The van der Waals surface area contributed by atoms with Crippen molar-refractivity contribution in [1.82, 2.24) is 10.2 Å². The third kappa shape index (κ3) is 6.45. The fourth-order valence-corrected chi connectivity index (χ4v) is 2.35. The van der Waals surface area contributed by atoms with Gasteiger partial charge in [0.2, 0.25) is 0 Å². The maximum absolute atomic E-state index is 10.4. The van der Waals surface area contributed by atoms with E-state index >= 15 is 0 Å². The molecule has 0 aliphatic carbocycles. The fraction of sp³-hybridized carbons (Fsp3) is 0.385. The van der Waals surface area contributed by atoms with E-state index in [0.29, 0.717) is 0 Å². The predicted molar refractivity (Wildman–Crippen MR) is 84.2 cm³/mol. The minimum Gasteiger partial charge on any atom is -0.229 e. The zero-order valence-corrected chi connectivity index (χ0v) is 13.8. The Labute approximate surface area is 128 Å². The number of hydrogen-bond donors (Lipinski definition) is 0. The first kappa shape index (κ1) is 17.1. The molecule has 4 nitrogen and oxygen atoms in total. The third-order valence-electron chi connectivity index (χ3n) is 2.55. The molecule has 0 atom stereocenters. The summed E-state index contributed by atoms with van der Waals surface area (Å²) in [6.45, 7) is 3.30. The summed E-state index contributed by atoms with van der Waals surface area (Å²) in [5, 5.41) is 9.54. The fourth-order valence-electron chi connectivity index (χ4n) is 1.25. The molecule has 0 fully saturated rings. The molecule has 1 heterocycles. The van der Waals surface area contributed by atoms with Crippen LogP contribution in [0.2, 0.25) is 5.02 Å². The number of sulfone groups is 1. The van der Waals surface area contributed by atoms with E-state index in [9.17, 15) is 8.42 Å². The highest BCUT2D eigenvalue weighted by atomic mass is 35.5. The van der Waals surface area contributed by atoms with Crippen LogP contribution in [0.15, 0.2) is 29.8 Å². The summed E-state index contributed by atoms with van der Waals surface area (Å²) in [7, 11) is -2.66. The Balaban J connectivity index is 0.000000246. The van der Waals surface area contributed by atoms with Gasteiger partial charge in [0, 0.05) is 22.9 Å². The van der Waals surface area contributed by atoms with Gasteiger partial charge in [-0.1, -0.05) is 37.6 Å². The molecule has 0 aliphatic rings. The zero-order chi connectivity index (χ0) is 15.0. The average Bonchev–Trinajstić information content (AvgIpc) is 2.95. The minimum absolute atomic E-state index is 0.267. The van der Waals surface area contributed by atoms with Crippen molar-refractivity contribution < 1.29 is 8.42 Å². The van der Waals surface area contributed by atoms with Gasteiger partial charge in [0.05, 0.1) is 0 Å². The highest BCUT2D eigenvalue weighted by Crippen LogP contribution is 2.13. The average molecular weight is 333 g/mol. The van der Waals surface area contributed by atoms with E-state index in [4.69, 9.17) is 11.6 Å². The van der Waals surface area contributed by atoms with Crippen molar-refractivity contribution in [1.29, 1.82) is 0 Å². The van der Waals surface area contributed by atoms with Crippen molar-refractivity contribution in [3.63, 3.8) is 0 Å². The van der Waals surface area contributed by atoms with E-state index in [1.807, 2.05) is 24.3 Å². The Morgan fingerprint density at radius 1 is 1.15 bits per heavy atom. The van der Waals surface area contributed by atoms with Gasteiger partial charge in [-0.25, -0.2) is 8.42 Å². The second-order valence-electron chi connectivity index (χ2n) is 3.96. The smallest absolute Gasteiger partial charge is 0.149 e. The molecular weight excluding hydrogens is 316 g/mol. The molecule has 0 unspecified atom stereocenters. The molecule has 110 valence electrons. The molecule has 7 heteroatoms. The Kier molecular flexibility index (Phi) is 7.12.